The highest BCUT2D eigenvalue weighted by molar-refractivity contribution is 6.30. The van der Waals surface area contributed by atoms with Gasteiger partial charge in [0.1, 0.15) is 11.3 Å². The van der Waals surface area contributed by atoms with E-state index in [1.807, 2.05) is 25.1 Å². The molecule has 1 fully saturated rings. The molecule has 5 heteroatoms. The van der Waals surface area contributed by atoms with Crippen molar-refractivity contribution < 1.29 is 9.52 Å². The summed E-state index contributed by atoms with van der Waals surface area (Å²) in [6.45, 7) is 6.73. The third kappa shape index (κ3) is 3.54. The van der Waals surface area contributed by atoms with Crippen LogP contribution in [0.1, 0.15) is 30.9 Å². The van der Waals surface area contributed by atoms with Crippen LogP contribution in [0.4, 0.5) is 0 Å². The molecule has 1 aliphatic heterocycles. The third-order valence-corrected chi connectivity index (χ3v) is 5.92. The second-order valence-electron chi connectivity index (χ2n) is 7.82. The van der Waals surface area contributed by atoms with Gasteiger partial charge in [0.05, 0.1) is 11.1 Å². The average molecular weight is 398 g/mol. The summed E-state index contributed by atoms with van der Waals surface area (Å²) in [4.78, 5) is 15.2. The van der Waals surface area contributed by atoms with Crippen LogP contribution < -0.4 is 5.63 Å². The number of nitrogens with zero attached hydrogens (tertiary/aromatic N) is 1. The van der Waals surface area contributed by atoms with E-state index in [1.165, 1.54) is 6.42 Å². The SMILES string of the molecule is Cc1c(-c2ccc(Cl)cc2)c(=O)oc2c(CN3CCC[C@H](C)C3)c(O)ccc12. The van der Waals surface area contributed by atoms with Gasteiger partial charge in [0, 0.05) is 23.5 Å². The lowest BCUT2D eigenvalue weighted by atomic mass is 9.96. The molecular formula is C23H24ClNO3. The summed E-state index contributed by atoms with van der Waals surface area (Å²) in [5, 5.41) is 12.0. The number of likely N-dealkylation sites (tertiary alicyclic amines) is 1. The van der Waals surface area contributed by atoms with Crippen LogP contribution in [-0.4, -0.2) is 23.1 Å². The zero-order chi connectivity index (χ0) is 19.8. The number of hydrogen-bond acceptors (Lipinski definition) is 4. The molecule has 0 bridgehead atoms. The van der Waals surface area contributed by atoms with Crippen molar-refractivity contribution in [3.63, 3.8) is 0 Å². The average Bonchev–Trinajstić information content (AvgIpc) is 2.66. The van der Waals surface area contributed by atoms with Crippen LogP contribution in [0.2, 0.25) is 5.02 Å². The molecule has 1 atom stereocenters. The van der Waals surface area contributed by atoms with Gasteiger partial charge in [-0.05, 0) is 67.6 Å². The van der Waals surface area contributed by atoms with Gasteiger partial charge in [-0.2, -0.15) is 0 Å². The Morgan fingerprint density at radius 2 is 1.96 bits per heavy atom. The van der Waals surface area contributed by atoms with Crippen molar-refractivity contribution >= 4 is 22.6 Å². The molecule has 3 aromatic rings. The highest BCUT2D eigenvalue weighted by atomic mass is 35.5. The van der Waals surface area contributed by atoms with Crippen LogP contribution in [0.25, 0.3) is 22.1 Å². The number of phenolic OH excluding ortho intramolecular Hbond substituents is 1. The lowest BCUT2D eigenvalue weighted by Gasteiger charge is -2.31. The fourth-order valence-electron chi connectivity index (χ4n) is 4.22. The summed E-state index contributed by atoms with van der Waals surface area (Å²) < 4.78 is 5.76. The quantitative estimate of drug-likeness (QED) is 0.604. The summed E-state index contributed by atoms with van der Waals surface area (Å²) >= 11 is 5.98. The van der Waals surface area contributed by atoms with E-state index in [9.17, 15) is 9.90 Å². The van der Waals surface area contributed by atoms with Gasteiger partial charge in [0.15, 0.2) is 0 Å². The van der Waals surface area contributed by atoms with E-state index in [0.29, 0.717) is 34.2 Å². The molecule has 0 unspecified atom stereocenters. The van der Waals surface area contributed by atoms with Gasteiger partial charge >= 0.3 is 5.63 Å². The molecule has 0 saturated carbocycles. The molecule has 0 spiro atoms. The zero-order valence-corrected chi connectivity index (χ0v) is 16.9. The predicted octanol–water partition coefficient (Wildman–Crippen LogP) is 5.36. The van der Waals surface area contributed by atoms with Gasteiger partial charge in [-0.15, -0.1) is 0 Å². The maximum absolute atomic E-state index is 12.9. The van der Waals surface area contributed by atoms with Crippen molar-refractivity contribution in [1.29, 1.82) is 0 Å². The predicted molar refractivity (Wildman–Crippen MR) is 113 cm³/mol. The summed E-state index contributed by atoms with van der Waals surface area (Å²) in [6, 6.07) is 10.7. The van der Waals surface area contributed by atoms with Crippen molar-refractivity contribution in [2.24, 2.45) is 5.92 Å². The van der Waals surface area contributed by atoms with Crippen molar-refractivity contribution in [2.75, 3.05) is 13.1 Å². The Kier molecular flexibility index (Phi) is 5.17. The van der Waals surface area contributed by atoms with Gasteiger partial charge < -0.3 is 9.52 Å². The molecule has 0 amide bonds. The van der Waals surface area contributed by atoms with Gasteiger partial charge in [-0.3, -0.25) is 4.90 Å². The van der Waals surface area contributed by atoms with Gasteiger partial charge in [0.25, 0.3) is 0 Å². The van der Waals surface area contributed by atoms with Crippen molar-refractivity contribution in [2.45, 2.75) is 33.2 Å². The molecule has 0 aliphatic carbocycles. The fraction of sp³-hybridized carbons (Fsp3) is 0.348. The molecule has 1 saturated heterocycles. The molecule has 2 heterocycles. The number of hydrogen-bond donors (Lipinski definition) is 1. The Bertz CT molecular complexity index is 1070. The topological polar surface area (TPSA) is 53.7 Å². The second-order valence-corrected chi connectivity index (χ2v) is 8.26. The first kappa shape index (κ1) is 19.0. The van der Waals surface area contributed by atoms with Crippen molar-refractivity contribution in [3.05, 3.63) is 63.0 Å². The lowest BCUT2D eigenvalue weighted by molar-refractivity contribution is 0.175. The summed E-state index contributed by atoms with van der Waals surface area (Å²) in [7, 11) is 0. The Morgan fingerprint density at radius 3 is 2.68 bits per heavy atom. The fourth-order valence-corrected chi connectivity index (χ4v) is 4.34. The maximum Gasteiger partial charge on any atom is 0.344 e. The minimum Gasteiger partial charge on any atom is -0.507 e. The molecule has 146 valence electrons. The van der Waals surface area contributed by atoms with E-state index in [4.69, 9.17) is 16.0 Å². The summed E-state index contributed by atoms with van der Waals surface area (Å²) in [6.07, 6.45) is 2.38. The number of aryl methyl sites for hydroxylation is 1. The minimum atomic E-state index is -0.397. The largest absolute Gasteiger partial charge is 0.507 e. The number of halogens is 1. The van der Waals surface area contributed by atoms with Crippen LogP contribution in [0.15, 0.2) is 45.6 Å². The van der Waals surface area contributed by atoms with Gasteiger partial charge in [-0.1, -0.05) is 30.7 Å². The second kappa shape index (κ2) is 7.61. The van der Waals surface area contributed by atoms with Crippen LogP contribution in [0, 0.1) is 12.8 Å². The monoisotopic (exact) mass is 397 g/mol. The van der Waals surface area contributed by atoms with E-state index in [1.54, 1.807) is 18.2 Å². The molecule has 4 rings (SSSR count). The first-order valence-corrected chi connectivity index (χ1v) is 10.1. The molecule has 1 aliphatic rings. The molecule has 2 aromatic carbocycles. The highest BCUT2D eigenvalue weighted by Crippen LogP contribution is 2.34. The Labute approximate surface area is 169 Å². The van der Waals surface area contributed by atoms with E-state index in [2.05, 4.69) is 11.8 Å². The maximum atomic E-state index is 12.9. The smallest absolute Gasteiger partial charge is 0.344 e. The number of rotatable bonds is 3. The number of benzene rings is 2. The molecule has 1 N–H and O–H groups in total. The lowest BCUT2D eigenvalue weighted by Crippen LogP contribution is -2.33. The van der Waals surface area contributed by atoms with Crippen LogP contribution in [0.5, 0.6) is 5.75 Å². The van der Waals surface area contributed by atoms with E-state index < -0.39 is 5.63 Å². The zero-order valence-electron chi connectivity index (χ0n) is 16.2. The van der Waals surface area contributed by atoms with E-state index in [-0.39, 0.29) is 5.75 Å². The van der Waals surface area contributed by atoms with E-state index in [0.717, 1.165) is 36.0 Å². The Morgan fingerprint density at radius 1 is 1.21 bits per heavy atom. The number of phenols is 1. The van der Waals surface area contributed by atoms with Crippen LogP contribution >= 0.6 is 11.6 Å². The van der Waals surface area contributed by atoms with Gasteiger partial charge in [-0.25, -0.2) is 4.79 Å². The first-order chi connectivity index (χ1) is 13.4. The Balaban J connectivity index is 1.83. The van der Waals surface area contributed by atoms with E-state index >= 15 is 0 Å². The number of piperidine rings is 1. The van der Waals surface area contributed by atoms with Crippen molar-refractivity contribution in [1.82, 2.24) is 4.90 Å². The standard InChI is InChI=1S/C23H24ClNO3/c1-14-4-3-11-25(12-14)13-19-20(26)10-9-18-15(2)21(23(27)28-22(18)19)16-5-7-17(24)8-6-16/h5-10,14,26H,3-4,11-13H2,1-2H3/t14-/m0/s1. The van der Waals surface area contributed by atoms with Crippen LogP contribution in [-0.2, 0) is 6.54 Å². The third-order valence-electron chi connectivity index (χ3n) is 5.67. The number of aromatic hydroxyl groups is 1. The minimum absolute atomic E-state index is 0.174. The van der Waals surface area contributed by atoms with Crippen molar-refractivity contribution in [3.8, 4) is 16.9 Å². The number of fused-ring (bicyclic) bond motifs is 1. The van der Waals surface area contributed by atoms with Gasteiger partial charge in [0.2, 0.25) is 0 Å². The summed E-state index contributed by atoms with van der Waals surface area (Å²) in [5.41, 5.74) is 2.94. The molecule has 0 radical (unpaired) electrons. The molecule has 1 aromatic heterocycles. The van der Waals surface area contributed by atoms with Crippen LogP contribution in [0.3, 0.4) is 0 Å². The first-order valence-electron chi connectivity index (χ1n) is 9.70. The molecule has 28 heavy (non-hydrogen) atoms. The molecular weight excluding hydrogens is 374 g/mol. The summed E-state index contributed by atoms with van der Waals surface area (Å²) in [5.74, 6) is 0.809. The normalized spacial score (nSPS) is 17.9. The molecule has 4 nitrogen and oxygen atoms in total. The highest BCUT2D eigenvalue weighted by Gasteiger charge is 2.22. The Hall–Kier alpha value is -2.30.